The fourth-order valence-corrected chi connectivity index (χ4v) is 11.9. The van der Waals surface area contributed by atoms with Crippen LogP contribution in [0.5, 0.6) is 0 Å². The van der Waals surface area contributed by atoms with Crippen molar-refractivity contribution >= 4 is 57.2 Å². The average molecular weight is 843 g/mol. The van der Waals surface area contributed by atoms with Crippen LogP contribution in [0.3, 0.4) is 0 Å². The lowest BCUT2D eigenvalue weighted by molar-refractivity contribution is 0.332. The lowest BCUT2D eigenvalue weighted by Gasteiger charge is -2.48. The Kier molecular flexibility index (Phi) is 9.38. The summed E-state index contributed by atoms with van der Waals surface area (Å²) < 4.78 is 0. The van der Waals surface area contributed by atoms with Crippen molar-refractivity contribution in [3.8, 4) is 11.1 Å². The third kappa shape index (κ3) is 6.64. The van der Waals surface area contributed by atoms with Gasteiger partial charge < -0.3 is 9.80 Å². The maximum atomic E-state index is 2.72. The van der Waals surface area contributed by atoms with Crippen molar-refractivity contribution in [2.45, 2.75) is 162 Å². The maximum absolute atomic E-state index is 2.72. The molecule has 0 atom stereocenters. The second kappa shape index (κ2) is 14.0. The van der Waals surface area contributed by atoms with Crippen LogP contribution in [0.15, 0.2) is 109 Å². The lowest BCUT2D eigenvalue weighted by Crippen LogP contribution is -2.62. The van der Waals surface area contributed by atoms with Gasteiger partial charge in [0, 0.05) is 34.1 Å². The molecule has 0 aromatic heterocycles. The van der Waals surface area contributed by atoms with Gasteiger partial charge in [0.25, 0.3) is 6.71 Å². The molecular formula is C61H71BN2. The van der Waals surface area contributed by atoms with Gasteiger partial charge in [-0.1, -0.05) is 158 Å². The Morgan fingerprint density at radius 3 is 1.55 bits per heavy atom. The van der Waals surface area contributed by atoms with E-state index in [1.165, 1.54) is 126 Å². The molecule has 2 nitrogen and oxygen atoms in total. The Labute approximate surface area is 386 Å². The van der Waals surface area contributed by atoms with Gasteiger partial charge in [0.2, 0.25) is 0 Å². The van der Waals surface area contributed by atoms with Gasteiger partial charge in [0.05, 0.1) is 0 Å². The van der Waals surface area contributed by atoms with Gasteiger partial charge in [-0.05, 0) is 180 Å². The lowest BCUT2D eigenvalue weighted by atomic mass is 9.33. The largest absolute Gasteiger partial charge is 0.311 e. The second-order valence-corrected chi connectivity index (χ2v) is 24.9. The number of rotatable bonds is 3. The predicted octanol–water partition coefficient (Wildman–Crippen LogP) is 15.0. The molecule has 2 aliphatic heterocycles. The van der Waals surface area contributed by atoms with Crippen molar-refractivity contribution in [3.63, 3.8) is 0 Å². The molecule has 328 valence electrons. The first-order valence-electron chi connectivity index (χ1n) is 24.3. The van der Waals surface area contributed by atoms with Crippen LogP contribution < -0.4 is 26.2 Å². The Morgan fingerprint density at radius 1 is 0.422 bits per heavy atom. The molecular weight excluding hydrogens is 771 g/mol. The van der Waals surface area contributed by atoms with Gasteiger partial charge in [-0.15, -0.1) is 0 Å². The molecule has 0 spiro atoms. The summed E-state index contributed by atoms with van der Waals surface area (Å²) in [5.41, 5.74) is 24.8. The molecule has 0 amide bonds. The molecule has 0 radical (unpaired) electrons. The van der Waals surface area contributed by atoms with Gasteiger partial charge in [-0.25, -0.2) is 0 Å². The van der Waals surface area contributed by atoms with Crippen LogP contribution in [0.2, 0.25) is 0 Å². The number of nitrogens with zero attached hydrogens (tertiary/aromatic N) is 2. The monoisotopic (exact) mass is 843 g/mol. The summed E-state index contributed by atoms with van der Waals surface area (Å²) >= 11 is 0. The van der Waals surface area contributed by atoms with Crippen molar-refractivity contribution in [3.05, 3.63) is 148 Å². The molecule has 0 unspecified atom stereocenters. The molecule has 0 saturated carbocycles. The smallest absolute Gasteiger partial charge is 0.252 e. The second-order valence-electron chi connectivity index (χ2n) is 24.9. The molecule has 0 fully saturated rings. The maximum Gasteiger partial charge on any atom is 0.252 e. The molecule has 2 aliphatic carbocycles. The van der Waals surface area contributed by atoms with E-state index in [9.17, 15) is 0 Å². The van der Waals surface area contributed by atoms with Crippen LogP contribution >= 0.6 is 0 Å². The normalized spacial score (nSPS) is 18.7. The highest BCUT2D eigenvalue weighted by atomic mass is 15.2. The van der Waals surface area contributed by atoms with E-state index in [0.29, 0.717) is 0 Å². The van der Waals surface area contributed by atoms with Crippen molar-refractivity contribution in [2.75, 3.05) is 9.80 Å². The molecule has 0 bridgehead atoms. The standard InChI is InChI=1S/C61H71BN2/c1-38-31-40(39-19-17-16-18-20-39)21-26-50(38)64-51-32-41(56(2,3)4)22-25-48(51)62-49-36-46-47(61(14,15)30-29-60(46,12)13)37-52(49)63(53-33-42(57(5,6)7)34-54(64)55(53)62)43-23-24-44-45(35-43)59(10,11)28-27-58(44,8)9/h16-26,31-37H,27-30H2,1-15H3. The summed E-state index contributed by atoms with van der Waals surface area (Å²) in [4.78, 5) is 5.38. The minimum atomic E-state index is -0.0951. The summed E-state index contributed by atoms with van der Waals surface area (Å²) in [5, 5.41) is 0. The summed E-state index contributed by atoms with van der Waals surface area (Å²) in [7, 11) is 0. The summed E-state index contributed by atoms with van der Waals surface area (Å²) in [5.74, 6) is 0. The fourth-order valence-electron chi connectivity index (χ4n) is 11.9. The third-order valence-corrected chi connectivity index (χ3v) is 16.4. The Balaban J connectivity index is 1.33. The Bertz CT molecular complexity index is 2880. The SMILES string of the molecule is Cc1cc(-c2ccccc2)ccc1N1c2cc(C(C)(C)C)ccc2B2c3cc4c(cc3N(c3ccc5c(c3)C(C)(C)CCC5(C)C)c3cc(C(C)(C)C)cc1c32)C(C)(C)CCC4(C)C. The average Bonchev–Trinajstić information content (AvgIpc) is 3.23. The van der Waals surface area contributed by atoms with Gasteiger partial charge in [0.1, 0.15) is 0 Å². The molecule has 0 saturated heterocycles. The number of hydrogen-bond donors (Lipinski definition) is 0. The zero-order chi connectivity index (χ0) is 45.7. The van der Waals surface area contributed by atoms with E-state index in [4.69, 9.17) is 0 Å². The Morgan fingerprint density at radius 2 is 0.953 bits per heavy atom. The predicted molar refractivity (Wildman–Crippen MR) is 279 cm³/mol. The molecule has 3 heteroatoms. The number of benzene rings is 6. The third-order valence-electron chi connectivity index (χ3n) is 16.4. The molecule has 64 heavy (non-hydrogen) atoms. The minimum Gasteiger partial charge on any atom is -0.311 e. The zero-order valence-corrected chi connectivity index (χ0v) is 41.7. The topological polar surface area (TPSA) is 6.48 Å². The van der Waals surface area contributed by atoms with Crippen molar-refractivity contribution in [2.24, 2.45) is 0 Å². The van der Waals surface area contributed by atoms with E-state index < -0.39 is 0 Å². The van der Waals surface area contributed by atoms with E-state index in [0.717, 1.165) is 0 Å². The van der Waals surface area contributed by atoms with Gasteiger partial charge in [-0.2, -0.15) is 0 Å². The van der Waals surface area contributed by atoms with Crippen LogP contribution in [0.25, 0.3) is 11.1 Å². The fraction of sp³-hybridized carbons (Fsp3) is 0.410. The summed E-state index contributed by atoms with van der Waals surface area (Å²) in [6, 6.07) is 43.5. The van der Waals surface area contributed by atoms with E-state index >= 15 is 0 Å². The first-order valence-corrected chi connectivity index (χ1v) is 24.3. The first kappa shape index (κ1) is 42.9. The van der Waals surface area contributed by atoms with Crippen LogP contribution in [0, 0.1) is 6.92 Å². The van der Waals surface area contributed by atoms with E-state index in [1.54, 1.807) is 0 Å². The van der Waals surface area contributed by atoms with Crippen molar-refractivity contribution < 1.29 is 0 Å². The quantitative estimate of drug-likeness (QED) is 0.164. The van der Waals surface area contributed by atoms with Gasteiger partial charge in [-0.3, -0.25) is 0 Å². The summed E-state index contributed by atoms with van der Waals surface area (Å²) in [6.45, 7) is 36.4. The molecule has 2 heterocycles. The number of aryl methyl sites for hydroxylation is 1. The van der Waals surface area contributed by atoms with Crippen molar-refractivity contribution in [1.29, 1.82) is 0 Å². The molecule has 6 aromatic carbocycles. The highest BCUT2D eigenvalue weighted by Crippen LogP contribution is 2.53. The highest BCUT2D eigenvalue weighted by molar-refractivity contribution is 7.00. The van der Waals surface area contributed by atoms with Crippen molar-refractivity contribution in [1.82, 2.24) is 0 Å². The van der Waals surface area contributed by atoms with E-state index in [1.807, 2.05) is 0 Å². The van der Waals surface area contributed by atoms with E-state index in [2.05, 4.69) is 223 Å². The molecule has 10 rings (SSSR count). The Hall–Kier alpha value is -5.02. The van der Waals surface area contributed by atoms with Crippen LogP contribution in [0.4, 0.5) is 34.1 Å². The first-order chi connectivity index (χ1) is 29.9. The number of anilines is 6. The number of fused-ring (bicyclic) bond motifs is 6. The molecule has 6 aromatic rings. The van der Waals surface area contributed by atoms with Crippen LogP contribution in [-0.4, -0.2) is 6.71 Å². The number of hydrogen-bond acceptors (Lipinski definition) is 2. The van der Waals surface area contributed by atoms with Crippen LogP contribution in [0.1, 0.15) is 162 Å². The highest BCUT2D eigenvalue weighted by Gasteiger charge is 2.48. The molecule has 0 N–H and O–H groups in total. The van der Waals surface area contributed by atoms with Gasteiger partial charge in [0.15, 0.2) is 0 Å². The minimum absolute atomic E-state index is 0.0175. The zero-order valence-electron chi connectivity index (χ0n) is 41.7. The van der Waals surface area contributed by atoms with Gasteiger partial charge >= 0.3 is 0 Å². The molecule has 4 aliphatic rings. The summed E-state index contributed by atoms with van der Waals surface area (Å²) in [6.07, 6.45) is 4.76. The van der Waals surface area contributed by atoms with E-state index in [-0.39, 0.29) is 39.2 Å². The van der Waals surface area contributed by atoms with Crippen LogP contribution in [-0.2, 0) is 32.5 Å².